The topological polar surface area (TPSA) is 0 Å². The Hall–Kier alpha value is -7.02. The van der Waals surface area contributed by atoms with Crippen molar-refractivity contribution in [1.82, 2.24) is 0 Å². The Bertz CT molecular complexity index is 3490. The smallest absolute Gasteiger partial charge is 0.0159 e. The molecule has 266 valence electrons. The maximum absolute atomic E-state index is 2.44. The third-order valence-corrected chi connectivity index (χ3v) is 13.0. The predicted molar refractivity (Wildman–Crippen MR) is 245 cm³/mol. The van der Waals surface area contributed by atoms with Crippen molar-refractivity contribution in [3.63, 3.8) is 0 Å². The maximum Gasteiger partial charge on any atom is 0.0159 e. The zero-order valence-corrected chi connectivity index (χ0v) is 32.0. The summed E-state index contributed by atoms with van der Waals surface area (Å²) in [4.78, 5) is 0. The first-order valence-corrected chi connectivity index (χ1v) is 20.1. The molecule has 11 aromatic rings. The number of hydrogen-bond acceptors (Lipinski definition) is 0. The van der Waals surface area contributed by atoms with E-state index < -0.39 is 0 Å². The second kappa shape index (κ2) is 12.0. The summed E-state index contributed by atoms with van der Waals surface area (Å²) in [6.45, 7) is 4.77. The van der Waals surface area contributed by atoms with Gasteiger partial charge in [-0.2, -0.15) is 0 Å². The molecule has 0 spiro atoms. The highest BCUT2D eigenvalue weighted by Crippen LogP contribution is 2.51. The van der Waals surface area contributed by atoms with Crippen LogP contribution < -0.4 is 0 Å². The van der Waals surface area contributed by atoms with Gasteiger partial charge in [0, 0.05) is 5.41 Å². The summed E-state index contributed by atoms with van der Waals surface area (Å²) in [5.41, 5.74) is 12.9. The fourth-order valence-corrected chi connectivity index (χ4v) is 9.99. The van der Waals surface area contributed by atoms with E-state index in [4.69, 9.17) is 0 Å². The van der Waals surface area contributed by atoms with Crippen LogP contribution in [0.5, 0.6) is 0 Å². The van der Waals surface area contributed by atoms with E-state index in [2.05, 4.69) is 208 Å². The highest BCUT2D eigenvalue weighted by molar-refractivity contribution is 6.29. The van der Waals surface area contributed by atoms with E-state index in [9.17, 15) is 0 Å². The monoisotopic (exact) mass is 722 g/mol. The number of rotatable bonds is 3. The van der Waals surface area contributed by atoms with Gasteiger partial charge < -0.3 is 0 Å². The van der Waals surface area contributed by atoms with Crippen molar-refractivity contribution in [3.05, 3.63) is 205 Å². The second-order valence-electron chi connectivity index (χ2n) is 16.5. The first-order valence-electron chi connectivity index (χ1n) is 20.1. The Balaban J connectivity index is 0.917. The van der Waals surface area contributed by atoms with Crippen LogP contribution in [0.2, 0.25) is 0 Å². The van der Waals surface area contributed by atoms with Crippen LogP contribution in [0, 0.1) is 0 Å². The molecular weight excluding hydrogens is 685 g/mol. The molecule has 0 atom stereocenters. The average molecular weight is 723 g/mol. The standard InChI is InChI=1S/C57H38/c1-57(2)53-33-43(40-19-15-35-9-3-4-11-38(35)29-40)25-27-49(53)50-28-26-44(34-54(50)57)41-20-21-42-31-45(23-22-39(42)30-41)52-32-46-24-18-37-17-16-36-10-5-6-12-47(36)55(37)56(46)51-14-8-7-13-48(51)52/h3-34H,1-2H3. The van der Waals surface area contributed by atoms with Crippen molar-refractivity contribution in [2.75, 3.05) is 0 Å². The van der Waals surface area contributed by atoms with Gasteiger partial charge in [0.1, 0.15) is 0 Å². The summed E-state index contributed by atoms with van der Waals surface area (Å²) in [7, 11) is 0. The maximum atomic E-state index is 2.44. The first kappa shape index (κ1) is 32.2. The number of hydrogen-bond donors (Lipinski definition) is 0. The summed E-state index contributed by atoms with van der Waals surface area (Å²) >= 11 is 0. The van der Waals surface area contributed by atoms with Gasteiger partial charge in [0.15, 0.2) is 0 Å². The molecule has 0 N–H and O–H groups in total. The van der Waals surface area contributed by atoms with E-state index in [0.29, 0.717) is 0 Å². The largest absolute Gasteiger partial charge is 0.0616 e. The number of benzene rings is 11. The van der Waals surface area contributed by atoms with E-state index in [0.717, 1.165) is 0 Å². The molecule has 1 aliphatic carbocycles. The predicted octanol–water partition coefficient (Wildman–Crippen LogP) is 15.9. The van der Waals surface area contributed by atoms with E-state index >= 15 is 0 Å². The molecule has 0 nitrogen and oxygen atoms in total. The molecule has 0 radical (unpaired) electrons. The van der Waals surface area contributed by atoms with Crippen LogP contribution >= 0.6 is 0 Å². The minimum Gasteiger partial charge on any atom is -0.0616 e. The Labute approximate surface area is 332 Å². The highest BCUT2D eigenvalue weighted by Gasteiger charge is 2.36. The van der Waals surface area contributed by atoms with Gasteiger partial charge in [0.05, 0.1) is 0 Å². The molecular formula is C57H38. The molecule has 0 unspecified atom stereocenters. The molecule has 0 aromatic heterocycles. The van der Waals surface area contributed by atoms with Gasteiger partial charge in [-0.3, -0.25) is 0 Å². The summed E-state index contributed by atoms with van der Waals surface area (Å²) in [5, 5.41) is 15.4. The SMILES string of the molecule is CC1(C)c2cc(-c3ccc4ccccc4c3)ccc2-c2ccc(-c3ccc4cc(-c5cc6ccc7ccc8ccccc8c7c6c6ccccc56)ccc4c3)cc21. The molecule has 0 bridgehead atoms. The van der Waals surface area contributed by atoms with E-state index in [-0.39, 0.29) is 5.41 Å². The summed E-state index contributed by atoms with van der Waals surface area (Å²) < 4.78 is 0. The van der Waals surface area contributed by atoms with Gasteiger partial charge in [-0.1, -0.05) is 172 Å². The summed E-state index contributed by atoms with van der Waals surface area (Å²) in [5.74, 6) is 0. The van der Waals surface area contributed by atoms with Crippen LogP contribution in [0.1, 0.15) is 25.0 Å². The fourth-order valence-electron chi connectivity index (χ4n) is 9.99. The lowest BCUT2D eigenvalue weighted by Gasteiger charge is -2.23. The van der Waals surface area contributed by atoms with Crippen LogP contribution in [0.25, 0.3) is 109 Å². The molecule has 12 rings (SSSR count). The normalized spacial score (nSPS) is 13.2. The highest BCUT2D eigenvalue weighted by atomic mass is 14.4. The van der Waals surface area contributed by atoms with Gasteiger partial charge in [-0.25, -0.2) is 0 Å². The molecule has 57 heavy (non-hydrogen) atoms. The van der Waals surface area contributed by atoms with Crippen LogP contribution in [0.3, 0.4) is 0 Å². The minimum atomic E-state index is -0.110. The Morgan fingerprint density at radius 2 is 0.684 bits per heavy atom. The first-order chi connectivity index (χ1) is 28.0. The average Bonchev–Trinajstić information content (AvgIpc) is 3.49. The van der Waals surface area contributed by atoms with Crippen molar-refractivity contribution in [2.24, 2.45) is 0 Å². The Morgan fingerprint density at radius 3 is 1.37 bits per heavy atom. The van der Waals surface area contributed by atoms with Gasteiger partial charge in [0.25, 0.3) is 0 Å². The molecule has 0 saturated heterocycles. The molecule has 0 fully saturated rings. The third kappa shape index (κ3) is 4.87. The van der Waals surface area contributed by atoms with Gasteiger partial charge in [-0.15, -0.1) is 0 Å². The molecule has 0 amide bonds. The minimum absolute atomic E-state index is 0.110. The molecule has 0 heteroatoms. The molecule has 1 aliphatic rings. The summed E-state index contributed by atoms with van der Waals surface area (Å²) in [6.07, 6.45) is 0. The Kier molecular flexibility index (Phi) is 6.78. The Morgan fingerprint density at radius 1 is 0.263 bits per heavy atom. The lowest BCUT2D eigenvalue weighted by molar-refractivity contribution is 0.661. The van der Waals surface area contributed by atoms with Crippen molar-refractivity contribution >= 4 is 64.6 Å². The van der Waals surface area contributed by atoms with Gasteiger partial charge in [0.2, 0.25) is 0 Å². The molecule has 0 aliphatic heterocycles. The van der Waals surface area contributed by atoms with E-state index in [1.54, 1.807) is 0 Å². The van der Waals surface area contributed by atoms with Crippen LogP contribution in [-0.4, -0.2) is 0 Å². The number of fused-ring (bicyclic) bond motifs is 12. The van der Waals surface area contributed by atoms with Crippen LogP contribution in [-0.2, 0) is 5.41 Å². The zero-order valence-electron chi connectivity index (χ0n) is 32.0. The van der Waals surface area contributed by atoms with Crippen molar-refractivity contribution in [3.8, 4) is 44.5 Å². The third-order valence-electron chi connectivity index (χ3n) is 13.0. The quantitative estimate of drug-likeness (QED) is 0.159. The molecule has 11 aromatic carbocycles. The van der Waals surface area contributed by atoms with E-state index in [1.165, 1.54) is 120 Å². The lowest BCUT2D eigenvalue weighted by Crippen LogP contribution is -2.15. The molecule has 0 saturated carbocycles. The van der Waals surface area contributed by atoms with Gasteiger partial charge >= 0.3 is 0 Å². The van der Waals surface area contributed by atoms with Crippen molar-refractivity contribution < 1.29 is 0 Å². The second-order valence-corrected chi connectivity index (χ2v) is 16.5. The molecule has 0 heterocycles. The fraction of sp³-hybridized carbons (Fsp3) is 0.0526. The van der Waals surface area contributed by atoms with Crippen molar-refractivity contribution in [1.29, 1.82) is 0 Å². The van der Waals surface area contributed by atoms with Gasteiger partial charge in [-0.05, 0) is 157 Å². The van der Waals surface area contributed by atoms with Crippen molar-refractivity contribution in [2.45, 2.75) is 19.3 Å². The van der Waals surface area contributed by atoms with Crippen LogP contribution in [0.4, 0.5) is 0 Å². The lowest BCUT2D eigenvalue weighted by atomic mass is 9.80. The zero-order chi connectivity index (χ0) is 37.8. The van der Waals surface area contributed by atoms with Crippen LogP contribution in [0.15, 0.2) is 194 Å². The summed E-state index contributed by atoms with van der Waals surface area (Å²) in [6, 6.07) is 72.8. The van der Waals surface area contributed by atoms with E-state index in [1.807, 2.05) is 0 Å².